The molecule has 0 fully saturated rings. The van der Waals surface area contributed by atoms with Gasteiger partial charge in [-0.05, 0) is 12.1 Å². The lowest BCUT2D eigenvalue weighted by atomic mass is 10.1. The Morgan fingerprint density at radius 2 is 1.67 bits per heavy atom. The van der Waals surface area contributed by atoms with Crippen LogP contribution in [0.3, 0.4) is 0 Å². The number of ether oxygens (including phenoxy) is 4. The zero-order valence-electron chi connectivity index (χ0n) is 12.1. The number of rotatable bonds is 5. The largest absolute Gasteiger partial charge is 0.493 e. The van der Waals surface area contributed by atoms with Gasteiger partial charge in [0.05, 0.1) is 28.4 Å². The van der Waals surface area contributed by atoms with E-state index in [2.05, 4.69) is 9.72 Å². The topological polar surface area (TPSA) is 80.0 Å². The van der Waals surface area contributed by atoms with Crippen molar-refractivity contribution in [1.82, 2.24) is 4.98 Å². The third-order valence-corrected chi connectivity index (χ3v) is 2.87. The quantitative estimate of drug-likeness (QED) is 0.781. The van der Waals surface area contributed by atoms with E-state index in [4.69, 9.17) is 18.6 Å². The molecular formula is C14H15NO6. The van der Waals surface area contributed by atoms with Crippen molar-refractivity contribution in [3.8, 4) is 28.6 Å². The van der Waals surface area contributed by atoms with Crippen molar-refractivity contribution in [3.63, 3.8) is 0 Å². The first kappa shape index (κ1) is 14.7. The molecule has 2 rings (SSSR count). The number of aromatic nitrogens is 1. The maximum atomic E-state index is 11.7. The minimum Gasteiger partial charge on any atom is -0.493 e. The molecule has 0 aliphatic carbocycles. The van der Waals surface area contributed by atoms with Crippen LogP contribution in [0, 0.1) is 0 Å². The maximum Gasteiger partial charge on any atom is 0.360 e. The fraction of sp³-hybridized carbons (Fsp3) is 0.286. The summed E-state index contributed by atoms with van der Waals surface area (Å²) in [6.07, 6.45) is 1.17. The van der Waals surface area contributed by atoms with E-state index in [1.165, 1.54) is 34.8 Å². The summed E-state index contributed by atoms with van der Waals surface area (Å²) in [5, 5.41) is 0. The van der Waals surface area contributed by atoms with Gasteiger partial charge in [-0.2, -0.15) is 0 Å². The monoisotopic (exact) mass is 293 g/mol. The molecule has 2 aromatic rings. The first-order valence-corrected chi connectivity index (χ1v) is 5.98. The fourth-order valence-corrected chi connectivity index (χ4v) is 1.91. The van der Waals surface area contributed by atoms with Crippen LogP contribution in [-0.4, -0.2) is 39.4 Å². The molecule has 0 unspecified atom stereocenters. The summed E-state index contributed by atoms with van der Waals surface area (Å²) in [5.41, 5.74) is 0.633. The number of hydrogen-bond donors (Lipinski definition) is 0. The highest BCUT2D eigenvalue weighted by atomic mass is 16.5. The van der Waals surface area contributed by atoms with Gasteiger partial charge in [-0.15, -0.1) is 0 Å². The summed E-state index contributed by atoms with van der Waals surface area (Å²) in [4.78, 5) is 15.5. The van der Waals surface area contributed by atoms with E-state index in [1.54, 1.807) is 12.1 Å². The Morgan fingerprint density at radius 1 is 1.05 bits per heavy atom. The van der Waals surface area contributed by atoms with Crippen molar-refractivity contribution >= 4 is 5.97 Å². The zero-order chi connectivity index (χ0) is 15.4. The van der Waals surface area contributed by atoms with E-state index in [1.807, 2.05) is 0 Å². The predicted molar refractivity (Wildman–Crippen MR) is 72.9 cm³/mol. The third kappa shape index (κ3) is 2.62. The molecule has 1 aromatic carbocycles. The van der Waals surface area contributed by atoms with Gasteiger partial charge in [0, 0.05) is 5.56 Å². The van der Waals surface area contributed by atoms with Crippen molar-refractivity contribution in [2.75, 3.05) is 28.4 Å². The predicted octanol–water partition coefficient (Wildman–Crippen LogP) is 2.15. The minimum absolute atomic E-state index is 0.0757. The Labute approximate surface area is 121 Å². The van der Waals surface area contributed by atoms with Crippen molar-refractivity contribution in [2.45, 2.75) is 0 Å². The fourth-order valence-electron chi connectivity index (χ4n) is 1.91. The van der Waals surface area contributed by atoms with Gasteiger partial charge in [0.25, 0.3) is 0 Å². The molecule has 7 heteroatoms. The number of esters is 1. The molecule has 0 aliphatic heterocycles. The van der Waals surface area contributed by atoms with Crippen LogP contribution in [0.2, 0.25) is 0 Å². The van der Waals surface area contributed by atoms with E-state index in [-0.39, 0.29) is 11.5 Å². The summed E-state index contributed by atoms with van der Waals surface area (Å²) >= 11 is 0. The van der Waals surface area contributed by atoms with E-state index >= 15 is 0 Å². The Hall–Kier alpha value is -2.70. The van der Waals surface area contributed by atoms with Crippen LogP contribution in [-0.2, 0) is 4.74 Å². The number of carbonyl (C=O) groups is 1. The average molecular weight is 293 g/mol. The molecule has 0 saturated heterocycles. The van der Waals surface area contributed by atoms with Crippen LogP contribution in [0.5, 0.6) is 17.2 Å². The molecule has 112 valence electrons. The molecule has 1 aromatic heterocycles. The standard InChI is InChI=1S/C14H15NO6/c1-17-9-5-8(6-10(18-2)13(9)19-3)12-11(14(16)20-4)15-7-21-12/h5-7H,1-4H3. The second-order valence-corrected chi connectivity index (χ2v) is 3.94. The molecule has 1 heterocycles. The second-order valence-electron chi connectivity index (χ2n) is 3.94. The molecule has 0 N–H and O–H groups in total. The summed E-state index contributed by atoms with van der Waals surface area (Å²) in [7, 11) is 5.79. The maximum absolute atomic E-state index is 11.7. The van der Waals surface area contributed by atoms with E-state index < -0.39 is 5.97 Å². The van der Waals surface area contributed by atoms with Gasteiger partial charge < -0.3 is 23.4 Å². The van der Waals surface area contributed by atoms with E-state index in [0.717, 1.165) is 0 Å². The smallest absolute Gasteiger partial charge is 0.360 e. The van der Waals surface area contributed by atoms with Crippen LogP contribution in [0.1, 0.15) is 10.5 Å². The third-order valence-electron chi connectivity index (χ3n) is 2.87. The molecule has 0 saturated carbocycles. The SMILES string of the molecule is COC(=O)c1ncoc1-c1cc(OC)c(OC)c(OC)c1. The molecule has 0 spiro atoms. The summed E-state index contributed by atoms with van der Waals surface area (Å²) < 4.78 is 25.7. The second kappa shape index (κ2) is 6.17. The van der Waals surface area contributed by atoms with Crippen LogP contribution in [0.25, 0.3) is 11.3 Å². The van der Waals surface area contributed by atoms with Gasteiger partial charge in [-0.1, -0.05) is 0 Å². The van der Waals surface area contributed by atoms with Gasteiger partial charge in [0.15, 0.2) is 29.3 Å². The first-order valence-electron chi connectivity index (χ1n) is 5.98. The highest BCUT2D eigenvalue weighted by molar-refractivity contribution is 5.93. The lowest BCUT2D eigenvalue weighted by Crippen LogP contribution is -2.03. The molecule has 0 bridgehead atoms. The van der Waals surface area contributed by atoms with Gasteiger partial charge >= 0.3 is 5.97 Å². The minimum atomic E-state index is -0.590. The number of oxazole rings is 1. The van der Waals surface area contributed by atoms with Gasteiger partial charge in [-0.3, -0.25) is 0 Å². The van der Waals surface area contributed by atoms with E-state index in [0.29, 0.717) is 22.8 Å². The summed E-state index contributed by atoms with van der Waals surface area (Å²) in [5.74, 6) is 1.01. The Balaban J connectivity index is 2.60. The van der Waals surface area contributed by atoms with Gasteiger partial charge in [0.1, 0.15) is 0 Å². The number of hydrogen-bond acceptors (Lipinski definition) is 7. The number of carbonyl (C=O) groups excluding carboxylic acids is 1. The van der Waals surface area contributed by atoms with Gasteiger partial charge in [0.2, 0.25) is 5.75 Å². The molecule has 0 amide bonds. The summed E-state index contributed by atoms with van der Waals surface area (Å²) in [6, 6.07) is 3.32. The Kier molecular flexibility index (Phi) is 4.32. The van der Waals surface area contributed by atoms with Crippen molar-refractivity contribution in [3.05, 3.63) is 24.2 Å². The highest BCUT2D eigenvalue weighted by Gasteiger charge is 2.22. The molecule has 0 aliphatic rings. The van der Waals surface area contributed by atoms with Crippen molar-refractivity contribution < 1.29 is 28.2 Å². The molecule has 0 atom stereocenters. The van der Waals surface area contributed by atoms with Crippen LogP contribution in [0.4, 0.5) is 0 Å². The highest BCUT2D eigenvalue weighted by Crippen LogP contribution is 2.41. The van der Waals surface area contributed by atoms with Crippen molar-refractivity contribution in [2.24, 2.45) is 0 Å². The van der Waals surface area contributed by atoms with E-state index in [9.17, 15) is 4.79 Å². The van der Waals surface area contributed by atoms with Crippen LogP contribution in [0.15, 0.2) is 22.9 Å². The van der Waals surface area contributed by atoms with Gasteiger partial charge in [-0.25, -0.2) is 9.78 Å². The molecule has 0 radical (unpaired) electrons. The molecule has 7 nitrogen and oxygen atoms in total. The van der Waals surface area contributed by atoms with Crippen LogP contribution < -0.4 is 14.2 Å². The molecular weight excluding hydrogens is 278 g/mol. The molecule has 21 heavy (non-hydrogen) atoms. The zero-order valence-corrected chi connectivity index (χ0v) is 12.1. The Morgan fingerprint density at radius 3 is 2.14 bits per heavy atom. The number of nitrogens with zero attached hydrogens (tertiary/aromatic N) is 1. The Bertz CT molecular complexity index is 624. The first-order chi connectivity index (χ1) is 10.2. The average Bonchev–Trinajstić information content (AvgIpc) is 3.02. The lowest BCUT2D eigenvalue weighted by Gasteiger charge is -2.13. The van der Waals surface area contributed by atoms with Crippen LogP contribution >= 0.6 is 0 Å². The summed E-state index contributed by atoms with van der Waals surface area (Å²) in [6.45, 7) is 0. The van der Waals surface area contributed by atoms with Crippen molar-refractivity contribution in [1.29, 1.82) is 0 Å². The number of methoxy groups -OCH3 is 4. The normalized spacial score (nSPS) is 10.1. The lowest BCUT2D eigenvalue weighted by molar-refractivity contribution is 0.0595. The number of benzene rings is 1.